The summed E-state index contributed by atoms with van der Waals surface area (Å²) < 4.78 is 5.53. The summed E-state index contributed by atoms with van der Waals surface area (Å²) in [5.41, 5.74) is 3.06. The van der Waals surface area contributed by atoms with Gasteiger partial charge in [-0.05, 0) is 42.5 Å². The van der Waals surface area contributed by atoms with Gasteiger partial charge in [0.05, 0.1) is 6.04 Å². The summed E-state index contributed by atoms with van der Waals surface area (Å²) >= 11 is 0. The van der Waals surface area contributed by atoms with E-state index in [4.69, 9.17) is 4.74 Å². The van der Waals surface area contributed by atoms with Crippen LogP contribution in [-0.4, -0.2) is 18.3 Å². The minimum atomic E-state index is -0.156. The predicted molar refractivity (Wildman–Crippen MR) is 92.1 cm³/mol. The number of carbonyl (C=O) groups excluding carboxylic acids is 2. The lowest BCUT2D eigenvalue weighted by molar-refractivity contribution is -0.124. The third kappa shape index (κ3) is 3.48. The van der Waals surface area contributed by atoms with E-state index < -0.39 is 0 Å². The highest BCUT2D eigenvalue weighted by molar-refractivity contribution is 5.94. The van der Waals surface area contributed by atoms with Crippen LogP contribution in [0, 0.1) is 5.92 Å². The molecule has 0 heterocycles. The number of rotatable bonds is 5. The SMILES string of the molecule is CC(=O)c1cccc(OCC(=O)NC2c3ccccc3CC2C)c1. The van der Waals surface area contributed by atoms with Gasteiger partial charge in [0.2, 0.25) is 0 Å². The molecule has 1 amide bonds. The van der Waals surface area contributed by atoms with Crippen molar-refractivity contribution in [1.82, 2.24) is 5.32 Å². The van der Waals surface area contributed by atoms with Gasteiger partial charge in [-0.1, -0.05) is 43.3 Å². The number of ether oxygens (including phenoxy) is 1. The van der Waals surface area contributed by atoms with Crippen LogP contribution in [0.4, 0.5) is 0 Å². The smallest absolute Gasteiger partial charge is 0.258 e. The minimum Gasteiger partial charge on any atom is -0.484 e. The fraction of sp³-hybridized carbons (Fsp3) is 0.300. The largest absolute Gasteiger partial charge is 0.484 e. The second-order valence-electron chi connectivity index (χ2n) is 6.30. The lowest BCUT2D eigenvalue weighted by Gasteiger charge is -2.19. The average Bonchev–Trinajstić information content (AvgIpc) is 2.89. The maximum Gasteiger partial charge on any atom is 0.258 e. The van der Waals surface area contributed by atoms with Gasteiger partial charge in [-0.2, -0.15) is 0 Å². The molecule has 1 aliphatic rings. The zero-order valence-electron chi connectivity index (χ0n) is 13.9. The van der Waals surface area contributed by atoms with E-state index in [0.29, 0.717) is 17.2 Å². The standard InChI is InChI=1S/C20H21NO3/c1-13-10-16-6-3-4-9-18(16)20(13)21-19(23)12-24-17-8-5-7-15(11-17)14(2)22/h3-9,11,13,20H,10,12H2,1-2H3,(H,21,23). The number of benzene rings is 2. The molecule has 4 heteroatoms. The van der Waals surface area contributed by atoms with Gasteiger partial charge >= 0.3 is 0 Å². The van der Waals surface area contributed by atoms with Gasteiger partial charge in [0.1, 0.15) is 5.75 Å². The number of fused-ring (bicyclic) bond motifs is 1. The van der Waals surface area contributed by atoms with E-state index in [0.717, 1.165) is 6.42 Å². The van der Waals surface area contributed by atoms with Crippen molar-refractivity contribution in [3.63, 3.8) is 0 Å². The minimum absolute atomic E-state index is 0.0266. The fourth-order valence-electron chi connectivity index (χ4n) is 3.18. The first-order valence-electron chi connectivity index (χ1n) is 8.15. The van der Waals surface area contributed by atoms with Crippen molar-refractivity contribution >= 4 is 11.7 Å². The predicted octanol–water partition coefficient (Wildman–Crippen LogP) is 3.32. The first-order valence-corrected chi connectivity index (χ1v) is 8.15. The van der Waals surface area contributed by atoms with Crippen LogP contribution in [-0.2, 0) is 11.2 Å². The summed E-state index contributed by atoms with van der Waals surface area (Å²) in [5, 5.41) is 3.06. The van der Waals surface area contributed by atoms with Crippen LogP contribution in [0.5, 0.6) is 5.75 Å². The van der Waals surface area contributed by atoms with Crippen molar-refractivity contribution in [2.45, 2.75) is 26.3 Å². The first-order chi connectivity index (χ1) is 11.5. The maximum absolute atomic E-state index is 12.2. The number of hydrogen-bond acceptors (Lipinski definition) is 3. The molecule has 3 rings (SSSR count). The Kier molecular flexibility index (Phi) is 4.65. The third-order valence-electron chi connectivity index (χ3n) is 4.43. The van der Waals surface area contributed by atoms with Crippen molar-refractivity contribution in [1.29, 1.82) is 0 Å². The summed E-state index contributed by atoms with van der Waals surface area (Å²) in [7, 11) is 0. The summed E-state index contributed by atoms with van der Waals surface area (Å²) in [6.07, 6.45) is 0.975. The molecule has 0 saturated heterocycles. The number of nitrogens with one attached hydrogen (secondary N) is 1. The molecule has 2 aromatic carbocycles. The normalized spacial score (nSPS) is 18.8. The quantitative estimate of drug-likeness (QED) is 0.859. The fourth-order valence-corrected chi connectivity index (χ4v) is 3.18. The second kappa shape index (κ2) is 6.87. The molecule has 124 valence electrons. The molecular weight excluding hydrogens is 302 g/mol. The van der Waals surface area contributed by atoms with Gasteiger partial charge in [-0.15, -0.1) is 0 Å². The zero-order valence-corrected chi connectivity index (χ0v) is 13.9. The Balaban J connectivity index is 1.60. The van der Waals surface area contributed by atoms with Crippen molar-refractivity contribution in [2.24, 2.45) is 5.92 Å². The molecule has 2 unspecified atom stereocenters. The molecule has 1 N–H and O–H groups in total. The van der Waals surface area contributed by atoms with Crippen LogP contribution in [0.25, 0.3) is 0 Å². The Morgan fingerprint density at radius 1 is 1.17 bits per heavy atom. The van der Waals surface area contributed by atoms with Gasteiger partial charge in [0.15, 0.2) is 12.4 Å². The van der Waals surface area contributed by atoms with E-state index in [-0.39, 0.29) is 24.3 Å². The van der Waals surface area contributed by atoms with E-state index in [1.807, 2.05) is 12.1 Å². The van der Waals surface area contributed by atoms with Crippen LogP contribution >= 0.6 is 0 Å². The highest BCUT2D eigenvalue weighted by Gasteiger charge is 2.30. The molecular formula is C20H21NO3. The number of Topliss-reactive ketones (excluding diaryl/α,β-unsaturated/α-hetero) is 1. The molecule has 0 saturated carbocycles. The molecule has 0 radical (unpaired) electrons. The van der Waals surface area contributed by atoms with E-state index >= 15 is 0 Å². The van der Waals surface area contributed by atoms with E-state index in [1.165, 1.54) is 18.1 Å². The van der Waals surface area contributed by atoms with E-state index in [1.54, 1.807) is 24.3 Å². The molecule has 0 fully saturated rings. The van der Waals surface area contributed by atoms with Gasteiger partial charge in [-0.25, -0.2) is 0 Å². The lowest BCUT2D eigenvalue weighted by Crippen LogP contribution is -2.34. The van der Waals surface area contributed by atoms with E-state index in [9.17, 15) is 9.59 Å². The number of ketones is 1. The highest BCUT2D eigenvalue weighted by atomic mass is 16.5. The summed E-state index contributed by atoms with van der Waals surface area (Å²) in [5.74, 6) is 0.711. The zero-order chi connectivity index (χ0) is 17.1. The monoisotopic (exact) mass is 323 g/mol. The lowest BCUT2D eigenvalue weighted by atomic mass is 10.0. The summed E-state index contributed by atoms with van der Waals surface area (Å²) in [4.78, 5) is 23.6. The van der Waals surface area contributed by atoms with Gasteiger partial charge in [0, 0.05) is 5.56 Å². The summed E-state index contributed by atoms with van der Waals surface area (Å²) in [6, 6.07) is 15.1. The van der Waals surface area contributed by atoms with Crippen molar-refractivity contribution < 1.29 is 14.3 Å². The van der Waals surface area contributed by atoms with Crippen molar-refractivity contribution in [3.05, 3.63) is 65.2 Å². The Hall–Kier alpha value is -2.62. The van der Waals surface area contributed by atoms with Gasteiger partial charge in [-0.3, -0.25) is 9.59 Å². The van der Waals surface area contributed by atoms with Crippen LogP contribution in [0.15, 0.2) is 48.5 Å². The molecule has 24 heavy (non-hydrogen) atoms. The van der Waals surface area contributed by atoms with E-state index in [2.05, 4.69) is 24.4 Å². The average molecular weight is 323 g/mol. The molecule has 2 atom stereocenters. The molecule has 0 aliphatic heterocycles. The highest BCUT2D eigenvalue weighted by Crippen LogP contribution is 2.35. The van der Waals surface area contributed by atoms with Crippen LogP contribution in [0.3, 0.4) is 0 Å². The maximum atomic E-state index is 12.2. The Bertz CT molecular complexity index is 769. The van der Waals surface area contributed by atoms with Gasteiger partial charge in [0.25, 0.3) is 5.91 Å². The molecule has 0 bridgehead atoms. The Morgan fingerprint density at radius 3 is 2.75 bits per heavy atom. The van der Waals surface area contributed by atoms with Crippen molar-refractivity contribution in [2.75, 3.05) is 6.61 Å². The molecule has 0 aromatic heterocycles. The number of carbonyl (C=O) groups is 2. The molecule has 0 spiro atoms. The third-order valence-corrected chi connectivity index (χ3v) is 4.43. The van der Waals surface area contributed by atoms with Crippen LogP contribution in [0.1, 0.15) is 41.4 Å². The Labute approximate surface area is 141 Å². The second-order valence-corrected chi connectivity index (χ2v) is 6.30. The number of hydrogen-bond donors (Lipinski definition) is 1. The Morgan fingerprint density at radius 2 is 1.96 bits per heavy atom. The topological polar surface area (TPSA) is 55.4 Å². The summed E-state index contributed by atoms with van der Waals surface area (Å²) in [6.45, 7) is 3.58. The number of amides is 1. The van der Waals surface area contributed by atoms with Crippen molar-refractivity contribution in [3.8, 4) is 5.75 Å². The van der Waals surface area contributed by atoms with Crippen LogP contribution < -0.4 is 10.1 Å². The first kappa shape index (κ1) is 16.2. The van der Waals surface area contributed by atoms with Gasteiger partial charge < -0.3 is 10.1 Å². The molecule has 2 aromatic rings. The molecule has 4 nitrogen and oxygen atoms in total. The molecule has 1 aliphatic carbocycles. The van der Waals surface area contributed by atoms with Crippen LogP contribution in [0.2, 0.25) is 0 Å².